The zero-order valence-corrected chi connectivity index (χ0v) is 14.2. The Kier molecular flexibility index (Phi) is 3.73. The summed E-state index contributed by atoms with van der Waals surface area (Å²) in [6, 6.07) is 0.472. The lowest BCUT2D eigenvalue weighted by Crippen LogP contribution is -2.64. The molecule has 5 rings (SSSR count). The molecule has 0 aromatic heterocycles. The maximum absolute atomic E-state index is 13.1. The molecule has 4 bridgehead atoms. The van der Waals surface area contributed by atoms with E-state index in [4.69, 9.17) is 11.3 Å². The highest BCUT2D eigenvalue weighted by Crippen LogP contribution is 2.62. The Balaban J connectivity index is 1.56. The highest BCUT2D eigenvalue weighted by Gasteiger charge is 2.60. The molecule has 3 N–H and O–H groups in total. The minimum absolute atomic E-state index is 0.229. The molecular weight excluding hydrogens is 320 g/mol. The fourth-order valence-electron chi connectivity index (χ4n) is 6.43. The quantitative estimate of drug-likeness (QED) is 0.454. The van der Waals surface area contributed by atoms with Crippen LogP contribution in [0.5, 0.6) is 0 Å². The first-order valence-electron chi connectivity index (χ1n) is 9.10. The van der Waals surface area contributed by atoms with Gasteiger partial charge in [-0.1, -0.05) is 5.11 Å². The molecule has 5 aliphatic rings. The molecule has 1 saturated heterocycles. The van der Waals surface area contributed by atoms with Gasteiger partial charge in [0.2, 0.25) is 5.91 Å². The summed E-state index contributed by atoms with van der Waals surface area (Å²) in [5.74, 6) is 0.672. The fourth-order valence-corrected chi connectivity index (χ4v) is 6.43. The number of hydrogen-bond acceptors (Lipinski definition) is 5. The lowest BCUT2D eigenvalue weighted by Gasteiger charge is -2.61. The van der Waals surface area contributed by atoms with Crippen molar-refractivity contribution < 1.29 is 9.90 Å². The van der Waals surface area contributed by atoms with Gasteiger partial charge in [-0.2, -0.15) is 5.26 Å². The summed E-state index contributed by atoms with van der Waals surface area (Å²) >= 11 is 0. The van der Waals surface area contributed by atoms with Crippen molar-refractivity contribution in [2.75, 3.05) is 6.54 Å². The van der Waals surface area contributed by atoms with E-state index in [0.717, 1.165) is 32.1 Å². The van der Waals surface area contributed by atoms with Gasteiger partial charge in [0.25, 0.3) is 0 Å². The molecule has 8 heteroatoms. The molecular formula is C17H24N6O2. The van der Waals surface area contributed by atoms with Crippen molar-refractivity contribution in [2.24, 2.45) is 28.1 Å². The molecule has 5 fully saturated rings. The standard InChI is InChI=1S/C17H24N6O2/c18-7-13-2-12(21-22-20)8-23(13)15(24)14(19)16-3-10-1-11(4-16)6-17(25,5-10)9-16/h10-14,25H,1-6,8-9,19H2/t10?,11?,12-,13-,14+,16?,17?/m0/s1. The number of aliphatic hydroxyl groups is 1. The van der Waals surface area contributed by atoms with Crippen molar-refractivity contribution in [1.82, 2.24) is 4.90 Å². The van der Waals surface area contributed by atoms with Crippen LogP contribution in [0.3, 0.4) is 0 Å². The third-order valence-corrected chi connectivity index (χ3v) is 6.93. The first-order valence-corrected chi connectivity index (χ1v) is 9.10. The molecule has 0 aromatic rings. The van der Waals surface area contributed by atoms with Gasteiger partial charge in [0.15, 0.2) is 0 Å². The summed E-state index contributed by atoms with van der Waals surface area (Å²) in [5.41, 5.74) is 14.1. The lowest BCUT2D eigenvalue weighted by molar-refractivity contribution is -0.177. The van der Waals surface area contributed by atoms with E-state index in [1.165, 1.54) is 4.90 Å². The van der Waals surface area contributed by atoms with Gasteiger partial charge in [-0.15, -0.1) is 0 Å². The van der Waals surface area contributed by atoms with Crippen LogP contribution >= 0.6 is 0 Å². The molecule has 0 aromatic carbocycles. The molecule has 5 atom stereocenters. The van der Waals surface area contributed by atoms with Crippen molar-refractivity contribution in [3.8, 4) is 6.07 Å². The Labute approximate surface area is 146 Å². The molecule has 1 amide bonds. The highest BCUT2D eigenvalue weighted by atomic mass is 16.3. The second kappa shape index (κ2) is 5.60. The number of carbonyl (C=O) groups excluding carboxylic acids is 1. The van der Waals surface area contributed by atoms with Crippen LogP contribution in [0, 0.1) is 28.6 Å². The van der Waals surface area contributed by atoms with Crippen LogP contribution < -0.4 is 5.73 Å². The number of azide groups is 1. The monoisotopic (exact) mass is 344 g/mol. The largest absolute Gasteiger partial charge is 0.390 e. The van der Waals surface area contributed by atoms with Crippen LogP contribution in [0.1, 0.15) is 44.9 Å². The van der Waals surface area contributed by atoms with E-state index in [2.05, 4.69) is 16.1 Å². The molecule has 8 nitrogen and oxygen atoms in total. The molecule has 0 spiro atoms. The van der Waals surface area contributed by atoms with E-state index < -0.39 is 17.7 Å². The summed E-state index contributed by atoms with van der Waals surface area (Å²) in [7, 11) is 0. The Hall–Kier alpha value is -1.81. The molecule has 1 aliphatic heterocycles. The van der Waals surface area contributed by atoms with E-state index in [0.29, 0.717) is 24.7 Å². The summed E-state index contributed by atoms with van der Waals surface area (Å²) < 4.78 is 0. The van der Waals surface area contributed by atoms with Crippen LogP contribution in [-0.4, -0.2) is 46.2 Å². The van der Waals surface area contributed by atoms with E-state index >= 15 is 0 Å². The minimum Gasteiger partial charge on any atom is -0.390 e. The fraction of sp³-hybridized carbons (Fsp3) is 0.882. The van der Waals surface area contributed by atoms with E-state index in [1.807, 2.05) is 0 Å². The third-order valence-electron chi connectivity index (χ3n) is 6.93. The van der Waals surface area contributed by atoms with Crippen molar-refractivity contribution in [3.63, 3.8) is 0 Å². The average molecular weight is 344 g/mol. The number of nitrogens with zero attached hydrogens (tertiary/aromatic N) is 5. The second-order valence-corrected chi connectivity index (χ2v) is 8.76. The van der Waals surface area contributed by atoms with Crippen LogP contribution in [0.25, 0.3) is 10.4 Å². The normalized spacial score (nSPS) is 45.7. The van der Waals surface area contributed by atoms with Gasteiger partial charge in [0, 0.05) is 11.5 Å². The number of likely N-dealkylation sites (tertiary alicyclic amines) is 1. The van der Waals surface area contributed by atoms with Crippen molar-refractivity contribution in [1.29, 1.82) is 5.26 Å². The number of carbonyl (C=O) groups is 1. The van der Waals surface area contributed by atoms with Gasteiger partial charge >= 0.3 is 0 Å². The SMILES string of the molecule is N#C[C@@H]1C[C@H](N=[N+]=[N-])CN1C(=O)[C@@H](N)C12CC3CC(CC(O)(C3)C1)C2. The van der Waals surface area contributed by atoms with E-state index in [-0.39, 0.29) is 23.9 Å². The molecule has 4 saturated carbocycles. The topological polar surface area (TPSA) is 139 Å². The molecule has 25 heavy (non-hydrogen) atoms. The zero-order valence-electron chi connectivity index (χ0n) is 14.2. The molecule has 4 aliphatic carbocycles. The van der Waals surface area contributed by atoms with Crippen molar-refractivity contribution in [3.05, 3.63) is 10.4 Å². The van der Waals surface area contributed by atoms with Crippen molar-refractivity contribution >= 4 is 5.91 Å². The van der Waals surface area contributed by atoms with Gasteiger partial charge in [0.1, 0.15) is 6.04 Å². The van der Waals surface area contributed by atoms with E-state index in [1.54, 1.807) is 0 Å². The van der Waals surface area contributed by atoms with Gasteiger partial charge < -0.3 is 15.7 Å². The summed E-state index contributed by atoms with van der Waals surface area (Å²) in [6.07, 6.45) is 5.53. The number of hydrogen-bond donors (Lipinski definition) is 2. The average Bonchev–Trinajstić information content (AvgIpc) is 2.94. The Bertz CT molecular complexity index is 667. The van der Waals surface area contributed by atoms with E-state index in [9.17, 15) is 15.2 Å². The lowest BCUT2D eigenvalue weighted by atomic mass is 9.46. The van der Waals surface area contributed by atoms with Crippen molar-refractivity contribution in [2.45, 2.75) is 68.7 Å². The van der Waals surface area contributed by atoms with Gasteiger partial charge in [0.05, 0.1) is 23.8 Å². The Morgan fingerprint density at radius 3 is 2.60 bits per heavy atom. The minimum atomic E-state index is -0.703. The summed E-state index contributed by atoms with van der Waals surface area (Å²) in [6.45, 7) is 0.252. The number of nitrogens with two attached hydrogens (primary N) is 1. The Morgan fingerprint density at radius 2 is 2.04 bits per heavy atom. The van der Waals surface area contributed by atoms with Gasteiger partial charge in [-0.05, 0) is 67.7 Å². The molecule has 2 unspecified atom stereocenters. The first kappa shape index (κ1) is 16.6. The van der Waals surface area contributed by atoms with Gasteiger partial charge in [-0.25, -0.2) is 0 Å². The molecule has 1 heterocycles. The maximum atomic E-state index is 13.1. The second-order valence-electron chi connectivity index (χ2n) is 8.76. The van der Waals surface area contributed by atoms with Crippen LogP contribution in [0.4, 0.5) is 0 Å². The Morgan fingerprint density at radius 1 is 1.36 bits per heavy atom. The molecule has 0 radical (unpaired) electrons. The maximum Gasteiger partial charge on any atom is 0.241 e. The van der Waals surface area contributed by atoms with Crippen LogP contribution in [0.15, 0.2) is 5.11 Å². The number of rotatable bonds is 3. The van der Waals surface area contributed by atoms with Crippen LogP contribution in [0.2, 0.25) is 0 Å². The third kappa shape index (κ3) is 2.58. The molecule has 134 valence electrons. The van der Waals surface area contributed by atoms with Crippen LogP contribution in [-0.2, 0) is 4.79 Å². The predicted octanol–water partition coefficient (Wildman–Crippen LogP) is 1.45. The smallest absolute Gasteiger partial charge is 0.241 e. The predicted molar refractivity (Wildman–Crippen MR) is 88.7 cm³/mol. The number of nitriles is 1. The highest BCUT2D eigenvalue weighted by molar-refractivity contribution is 5.83. The zero-order chi connectivity index (χ0) is 17.8. The number of amides is 1. The first-order chi connectivity index (χ1) is 11.9. The summed E-state index contributed by atoms with van der Waals surface area (Å²) in [5, 5.41) is 23.9. The summed E-state index contributed by atoms with van der Waals surface area (Å²) in [4.78, 5) is 17.4. The van der Waals surface area contributed by atoms with Gasteiger partial charge in [-0.3, -0.25) is 4.79 Å².